The average Bonchev–Trinajstić information content (AvgIpc) is 1.77. The molecule has 1 saturated heterocycles. The van der Waals surface area contributed by atoms with E-state index >= 15 is 0 Å². The van der Waals surface area contributed by atoms with E-state index in [1.54, 1.807) is 0 Å². The van der Waals surface area contributed by atoms with E-state index in [9.17, 15) is 4.39 Å². The first-order valence-corrected chi connectivity index (χ1v) is 3.10. The van der Waals surface area contributed by atoms with Crippen molar-refractivity contribution in [2.24, 2.45) is 0 Å². The predicted molar refractivity (Wildman–Crippen MR) is 30.2 cm³/mol. The van der Waals surface area contributed by atoms with Crippen molar-refractivity contribution in [3.63, 3.8) is 0 Å². The molecular formula is C6H12FN. The molecule has 1 fully saturated rings. The summed E-state index contributed by atoms with van der Waals surface area (Å²) in [5.41, 5.74) is 0. The van der Waals surface area contributed by atoms with E-state index in [1.807, 2.05) is 0 Å². The zero-order valence-corrected chi connectivity index (χ0v) is 4.99. The molecule has 1 aliphatic rings. The zero-order valence-electron chi connectivity index (χ0n) is 4.99. The lowest BCUT2D eigenvalue weighted by Gasteiger charge is -2.27. The average molecular weight is 117 g/mol. The van der Waals surface area contributed by atoms with Crippen LogP contribution in [0.15, 0.2) is 0 Å². The summed E-state index contributed by atoms with van der Waals surface area (Å²) in [4.78, 5) is 1.22. The molecule has 0 unspecified atom stereocenters. The van der Waals surface area contributed by atoms with E-state index < -0.39 is 6.17 Å². The predicted octanol–water partition coefficient (Wildman–Crippen LogP) is -0.205. The number of piperidine rings is 1. The van der Waals surface area contributed by atoms with Crippen LogP contribution in [0.4, 0.5) is 4.39 Å². The summed E-state index contributed by atoms with van der Waals surface area (Å²) >= 11 is 0. The second-order valence-corrected chi connectivity index (χ2v) is 2.42. The van der Waals surface area contributed by atoms with Gasteiger partial charge in [0.2, 0.25) is 0 Å². The molecule has 1 nitrogen and oxygen atoms in total. The highest BCUT2D eigenvalue weighted by Gasteiger charge is 2.14. The third-order valence-electron chi connectivity index (χ3n) is 1.62. The van der Waals surface area contributed by atoms with Crippen molar-refractivity contribution < 1.29 is 9.29 Å². The summed E-state index contributed by atoms with van der Waals surface area (Å²) < 4.78 is 12.3. The van der Waals surface area contributed by atoms with Gasteiger partial charge in [0.25, 0.3) is 0 Å². The van der Waals surface area contributed by atoms with Gasteiger partial charge in [0.05, 0.1) is 13.1 Å². The highest BCUT2D eigenvalue weighted by atomic mass is 19.1. The number of quaternary nitrogens is 1. The van der Waals surface area contributed by atoms with Gasteiger partial charge in [-0.25, -0.2) is 4.39 Å². The van der Waals surface area contributed by atoms with Crippen LogP contribution in [0.25, 0.3) is 0 Å². The van der Waals surface area contributed by atoms with Crippen molar-refractivity contribution in [3.8, 4) is 0 Å². The molecule has 8 heavy (non-hydrogen) atoms. The minimum Gasteiger partial charge on any atom is -0.468 e. The quantitative estimate of drug-likeness (QED) is 0.419. The summed E-state index contributed by atoms with van der Waals surface area (Å²) in [6.07, 6.45) is 0.873. The molecule has 1 aliphatic heterocycles. The van der Waals surface area contributed by atoms with Crippen LogP contribution >= 0.6 is 0 Å². The Balaban J connectivity index is 2.19. The second kappa shape index (κ2) is 2.44. The van der Waals surface area contributed by atoms with Crippen LogP contribution in [0.2, 0.25) is 0 Å². The van der Waals surface area contributed by atoms with Crippen molar-refractivity contribution in [2.75, 3.05) is 13.1 Å². The summed E-state index contributed by atoms with van der Waals surface area (Å²) in [5.74, 6) is 0. The van der Waals surface area contributed by atoms with Gasteiger partial charge in [0, 0.05) is 12.8 Å². The number of alkyl halides is 1. The first-order valence-electron chi connectivity index (χ1n) is 3.10. The number of nitrogens with one attached hydrogen (secondary N) is 1. The Morgan fingerprint density at radius 3 is 2.25 bits per heavy atom. The smallest absolute Gasteiger partial charge is 0.111 e. The van der Waals surface area contributed by atoms with Crippen LogP contribution in [0.3, 0.4) is 0 Å². The number of rotatable bonds is 0. The van der Waals surface area contributed by atoms with Gasteiger partial charge in [-0.1, -0.05) is 0 Å². The maximum atomic E-state index is 12.3. The fourth-order valence-electron chi connectivity index (χ4n) is 0.991. The lowest BCUT2D eigenvalue weighted by atomic mass is 10.1. The first kappa shape index (κ1) is 6.02. The topological polar surface area (TPSA) is 4.44 Å². The molecule has 0 aliphatic carbocycles. The lowest BCUT2D eigenvalue weighted by Crippen LogP contribution is -3.08. The Kier molecular flexibility index (Phi) is 1.84. The summed E-state index contributed by atoms with van der Waals surface area (Å²) in [6.45, 7) is 1.81. The standard InChI is InChI=1S/C6H12FN/c1-8-4-2-6(7)3-5-8/h6,8H,1-5H2. The fourth-order valence-corrected chi connectivity index (χ4v) is 0.991. The van der Waals surface area contributed by atoms with Crippen molar-refractivity contribution in [3.05, 3.63) is 7.05 Å². The van der Waals surface area contributed by atoms with E-state index in [0.717, 1.165) is 13.1 Å². The Morgan fingerprint density at radius 2 is 1.88 bits per heavy atom. The van der Waals surface area contributed by atoms with Crippen LogP contribution in [-0.4, -0.2) is 19.3 Å². The molecule has 0 radical (unpaired) electrons. The summed E-state index contributed by atoms with van der Waals surface area (Å²) in [6, 6.07) is 0. The highest BCUT2D eigenvalue weighted by Crippen LogP contribution is 2.02. The fraction of sp³-hybridized carbons (Fsp3) is 0.833. The minimum atomic E-state index is -0.541. The molecule has 1 rings (SSSR count). The van der Waals surface area contributed by atoms with Crippen LogP contribution < -0.4 is 4.90 Å². The van der Waals surface area contributed by atoms with Gasteiger partial charge in [-0.2, -0.15) is 7.05 Å². The normalized spacial score (nSPS) is 39.8. The number of hydrogen-bond acceptors (Lipinski definition) is 0. The van der Waals surface area contributed by atoms with Crippen LogP contribution in [0, 0.1) is 7.05 Å². The van der Waals surface area contributed by atoms with E-state index in [1.165, 1.54) is 4.90 Å². The van der Waals surface area contributed by atoms with Crippen molar-refractivity contribution >= 4 is 0 Å². The van der Waals surface area contributed by atoms with Crippen molar-refractivity contribution in [2.45, 2.75) is 19.0 Å². The van der Waals surface area contributed by atoms with Crippen LogP contribution in [0.5, 0.6) is 0 Å². The lowest BCUT2D eigenvalue weighted by molar-refractivity contribution is -0.860. The molecular weight excluding hydrogens is 105 g/mol. The van der Waals surface area contributed by atoms with E-state index in [2.05, 4.69) is 7.05 Å². The Morgan fingerprint density at radius 1 is 1.38 bits per heavy atom. The molecule has 0 aromatic carbocycles. The van der Waals surface area contributed by atoms with Crippen molar-refractivity contribution in [1.29, 1.82) is 0 Å². The van der Waals surface area contributed by atoms with Crippen LogP contribution in [0.1, 0.15) is 12.8 Å². The Bertz CT molecular complexity index is 56.9. The number of hydrogen-bond donors (Lipinski definition) is 1. The molecule has 1 N–H and O–H groups in total. The van der Waals surface area contributed by atoms with Gasteiger partial charge in [-0.05, 0) is 0 Å². The molecule has 0 aromatic rings. The summed E-state index contributed by atoms with van der Waals surface area (Å²) in [5, 5.41) is 0. The largest absolute Gasteiger partial charge is 0.468 e. The molecule has 0 spiro atoms. The highest BCUT2D eigenvalue weighted by molar-refractivity contribution is 4.57. The molecule has 1 heterocycles. The monoisotopic (exact) mass is 117 g/mol. The van der Waals surface area contributed by atoms with E-state index in [-0.39, 0.29) is 0 Å². The van der Waals surface area contributed by atoms with Gasteiger partial charge >= 0.3 is 0 Å². The molecule has 0 saturated carbocycles. The van der Waals surface area contributed by atoms with E-state index in [4.69, 9.17) is 0 Å². The molecule has 0 aromatic heterocycles. The van der Waals surface area contributed by atoms with Crippen LogP contribution in [-0.2, 0) is 0 Å². The minimum absolute atomic E-state index is 0.541. The van der Waals surface area contributed by atoms with Gasteiger partial charge < -0.3 is 4.90 Å². The SMILES string of the molecule is [CH2-][NH+]1CCC(F)CC1. The maximum Gasteiger partial charge on any atom is 0.111 e. The van der Waals surface area contributed by atoms with Gasteiger partial charge in [-0.3, -0.25) is 0 Å². The molecule has 0 atom stereocenters. The molecule has 0 amide bonds. The second-order valence-electron chi connectivity index (χ2n) is 2.42. The third-order valence-corrected chi connectivity index (χ3v) is 1.62. The van der Waals surface area contributed by atoms with Gasteiger partial charge in [0.15, 0.2) is 0 Å². The molecule has 0 bridgehead atoms. The Labute approximate surface area is 49.5 Å². The number of halogens is 1. The maximum absolute atomic E-state index is 12.3. The van der Waals surface area contributed by atoms with E-state index in [0.29, 0.717) is 12.8 Å². The molecule has 48 valence electrons. The zero-order chi connectivity index (χ0) is 5.98. The summed E-state index contributed by atoms with van der Waals surface area (Å²) in [7, 11) is 3.78. The number of likely N-dealkylation sites (tertiary alicyclic amines) is 1. The van der Waals surface area contributed by atoms with Crippen molar-refractivity contribution in [1.82, 2.24) is 0 Å². The first-order chi connectivity index (χ1) is 3.79. The van der Waals surface area contributed by atoms with Gasteiger partial charge in [0.1, 0.15) is 6.17 Å². The third kappa shape index (κ3) is 1.44. The Hall–Kier alpha value is -0.110. The van der Waals surface area contributed by atoms with Gasteiger partial charge in [-0.15, -0.1) is 0 Å². The molecule has 2 heteroatoms.